The van der Waals surface area contributed by atoms with Gasteiger partial charge in [-0.3, -0.25) is 9.59 Å². The first-order chi connectivity index (χ1) is 15.7. The van der Waals surface area contributed by atoms with Gasteiger partial charge in [0.15, 0.2) is 6.61 Å². The van der Waals surface area contributed by atoms with Gasteiger partial charge in [-0.1, -0.05) is 64.4 Å². The van der Waals surface area contributed by atoms with Gasteiger partial charge in [0.25, 0.3) is 5.91 Å². The van der Waals surface area contributed by atoms with Crippen LogP contribution in [0.15, 0.2) is 48.5 Å². The molecule has 2 aromatic carbocycles. The first-order valence-corrected chi connectivity index (χ1v) is 11.6. The van der Waals surface area contributed by atoms with Gasteiger partial charge in [-0.05, 0) is 48.1 Å². The lowest BCUT2D eigenvalue weighted by molar-refractivity contribution is -0.142. The van der Waals surface area contributed by atoms with Gasteiger partial charge in [0.2, 0.25) is 5.91 Å². The molecule has 2 rings (SSSR count). The maximum Gasteiger partial charge on any atom is 0.261 e. The predicted molar refractivity (Wildman–Crippen MR) is 132 cm³/mol. The number of nitrogens with zero attached hydrogens (tertiary/aromatic N) is 1. The molecule has 0 heterocycles. The molecule has 0 bridgehead atoms. The first kappa shape index (κ1) is 26.2. The monoisotopic (exact) mass is 454 g/mol. The molecule has 33 heavy (non-hydrogen) atoms. The van der Waals surface area contributed by atoms with E-state index in [-0.39, 0.29) is 23.8 Å². The van der Waals surface area contributed by atoms with Crippen LogP contribution in [-0.2, 0) is 21.5 Å². The quantitative estimate of drug-likeness (QED) is 0.500. The SMILES string of the molecule is CCCCNC(=O)[C@@H](C)N(Cc1ccc(OC)cc1)C(=O)COc1ccccc1C(C)(C)C. The van der Waals surface area contributed by atoms with Crippen molar-refractivity contribution in [3.8, 4) is 11.5 Å². The number of ether oxygens (including phenoxy) is 2. The Hall–Kier alpha value is -3.02. The molecule has 0 spiro atoms. The van der Waals surface area contributed by atoms with Crippen molar-refractivity contribution < 1.29 is 19.1 Å². The van der Waals surface area contributed by atoms with E-state index in [1.54, 1.807) is 18.9 Å². The number of unbranched alkanes of at least 4 members (excludes halogenated alkanes) is 1. The summed E-state index contributed by atoms with van der Waals surface area (Å²) in [4.78, 5) is 27.6. The van der Waals surface area contributed by atoms with Gasteiger partial charge in [-0.2, -0.15) is 0 Å². The maximum atomic E-state index is 13.3. The van der Waals surface area contributed by atoms with Crippen LogP contribution in [0.2, 0.25) is 0 Å². The normalized spacial score (nSPS) is 12.1. The summed E-state index contributed by atoms with van der Waals surface area (Å²) >= 11 is 0. The molecular weight excluding hydrogens is 416 g/mol. The molecule has 0 aromatic heterocycles. The highest BCUT2D eigenvalue weighted by atomic mass is 16.5. The van der Waals surface area contributed by atoms with E-state index in [1.807, 2.05) is 48.5 Å². The summed E-state index contributed by atoms with van der Waals surface area (Å²) in [5.74, 6) is 1.01. The molecule has 0 unspecified atom stereocenters. The Labute approximate surface area is 198 Å². The highest BCUT2D eigenvalue weighted by Crippen LogP contribution is 2.31. The zero-order valence-corrected chi connectivity index (χ0v) is 20.8. The van der Waals surface area contributed by atoms with Gasteiger partial charge < -0.3 is 19.7 Å². The van der Waals surface area contributed by atoms with Crippen molar-refractivity contribution in [2.75, 3.05) is 20.3 Å². The summed E-state index contributed by atoms with van der Waals surface area (Å²) in [6.07, 6.45) is 1.89. The molecule has 2 amide bonds. The largest absolute Gasteiger partial charge is 0.497 e. The van der Waals surface area contributed by atoms with Crippen molar-refractivity contribution in [1.29, 1.82) is 0 Å². The van der Waals surface area contributed by atoms with E-state index in [4.69, 9.17) is 9.47 Å². The van der Waals surface area contributed by atoms with Crippen molar-refractivity contribution in [2.45, 2.75) is 65.5 Å². The number of carbonyl (C=O) groups is 2. The van der Waals surface area contributed by atoms with E-state index in [0.29, 0.717) is 18.8 Å². The van der Waals surface area contributed by atoms with E-state index >= 15 is 0 Å². The molecule has 0 aliphatic carbocycles. The minimum absolute atomic E-state index is 0.116. The molecular formula is C27H38N2O4. The maximum absolute atomic E-state index is 13.3. The zero-order chi connectivity index (χ0) is 24.4. The van der Waals surface area contributed by atoms with Crippen molar-refractivity contribution in [3.05, 3.63) is 59.7 Å². The van der Waals surface area contributed by atoms with Crippen molar-refractivity contribution in [2.24, 2.45) is 0 Å². The number of carbonyl (C=O) groups excluding carboxylic acids is 2. The fourth-order valence-corrected chi connectivity index (χ4v) is 3.48. The summed E-state index contributed by atoms with van der Waals surface area (Å²) in [6, 6.07) is 14.6. The lowest BCUT2D eigenvalue weighted by Gasteiger charge is -2.29. The number of rotatable bonds is 11. The first-order valence-electron chi connectivity index (χ1n) is 11.6. The fourth-order valence-electron chi connectivity index (χ4n) is 3.48. The smallest absolute Gasteiger partial charge is 0.261 e. The third-order valence-corrected chi connectivity index (χ3v) is 5.56. The van der Waals surface area contributed by atoms with Crippen LogP contribution >= 0.6 is 0 Å². The summed E-state index contributed by atoms with van der Waals surface area (Å²) in [7, 11) is 1.61. The Morgan fingerprint density at radius 3 is 2.33 bits per heavy atom. The molecule has 1 atom stereocenters. The molecule has 6 nitrogen and oxygen atoms in total. The molecule has 0 fully saturated rings. The lowest BCUT2D eigenvalue weighted by Crippen LogP contribution is -2.49. The van der Waals surface area contributed by atoms with Crippen molar-refractivity contribution in [3.63, 3.8) is 0 Å². The molecule has 0 aliphatic heterocycles. The average molecular weight is 455 g/mol. The van der Waals surface area contributed by atoms with Crippen LogP contribution in [0.1, 0.15) is 58.6 Å². The number of amides is 2. The van der Waals surface area contributed by atoms with Crippen LogP contribution in [-0.4, -0.2) is 43.0 Å². The Kier molecular flexibility index (Phi) is 9.76. The second kappa shape index (κ2) is 12.3. The second-order valence-corrected chi connectivity index (χ2v) is 9.23. The van der Waals surface area contributed by atoms with Gasteiger partial charge in [0.1, 0.15) is 17.5 Å². The van der Waals surface area contributed by atoms with E-state index in [2.05, 4.69) is 33.0 Å². The molecule has 6 heteroatoms. The highest BCUT2D eigenvalue weighted by Gasteiger charge is 2.27. The molecule has 180 valence electrons. The van der Waals surface area contributed by atoms with E-state index in [0.717, 1.165) is 29.7 Å². The minimum atomic E-state index is -0.627. The molecule has 0 saturated heterocycles. The number of benzene rings is 2. The van der Waals surface area contributed by atoms with Crippen LogP contribution in [0.3, 0.4) is 0 Å². The van der Waals surface area contributed by atoms with Crippen LogP contribution < -0.4 is 14.8 Å². The average Bonchev–Trinajstić information content (AvgIpc) is 2.80. The lowest BCUT2D eigenvalue weighted by atomic mass is 9.86. The molecule has 1 N–H and O–H groups in total. The van der Waals surface area contributed by atoms with Gasteiger partial charge >= 0.3 is 0 Å². The predicted octanol–water partition coefficient (Wildman–Crippen LogP) is 4.71. The number of hydrogen-bond acceptors (Lipinski definition) is 4. The summed E-state index contributed by atoms with van der Waals surface area (Å²) < 4.78 is 11.2. The Balaban J connectivity index is 2.19. The number of nitrogens with one attached hydrogen (secondary N) is 1. The van der Waals surface area contributed by atoms with E-state index in [9.17, 15) is 9.59 Å². The standard InChI is InChI=1S/C27H38N2O4/c1-7-8-17-28-26(31)20(2)29(18-21-13-15-22(32-6)16-14-21)25(30)19-33-24-12-10-9-11-23(24)27(3,4)5/h9-16,20H,7-8,17-19H2,1-6H3,(H,28,31)/t20-/m1/s1. The van der Waals surface area contributed by atoms with Gasteiger partial charge in [0, 0.05) is 13.1 Å². The number of para-hydroxylation sites is 1. The van der Waals surface area contributed by atoms with Crippen molar-refractivity contribution >= 4 is 11.8 Å². The van der Waals surface area contributed by atoms with Crippen LogP contribution in [0.5, 0.6) is 11.5 Å². The number of methoxy groups -OCH3 is 1. The van der Waals surface area contributed by atoms with Gasteiger partial charge in [0.05, 0.1) is 7.11 Å². The summed E-state index contributed by atoms with van der Waals surface area (Å²) in [6.45, 7) is 10.9. The zero-order valence-electron chi connectivity index (χ0n) is 20.8. The Morgan fingerprint density at radius 2 is 1.73 bits per heavy atom. The van der Waals surface area contributed by atoms with Crippen molar-refractivity contribution in [1.82, 2.24) is 10.2 Å². The van der Waals surface area contributed by atoms with E-state index < -0.39 is 6.04 Å². The molecule has 0 saturated carbocycles. The molecule has 0 radical (unpaired) electrons. The summed E-state index contributed by atoms with van der Waals surface area (Å²) in [5.41, 5.74) is 1.83. The topological polar surface area (TPSA) is 67.9 Å². The highest BCUT2D eigenvalue weighted by molar-refractivity contribution is 5.88. The minimum Gasteiger partial charge on any atom is -0.497 e. The number of hydrogen-bond donors (Lipinski definition) is 1. The third kappa shape index (κ3) is 7.81. The van der Waals surface area contributed by atoms with Crippen LogP contribution in [0.4, 0.5) is 0 Å². The van der Waals surface area contributed by atoms with Gasteiger partial charge in [-0.15, -0.1) is 0 Å². The Morgan fingerprint density at radius 1 is 1.06 bits per heavy atom. The summed E-state index contributed by atoms with van der Waals surface area (Å²) in [5, 5.41) is 2.93. The second-order valence-electron chi connectivity index (χ2n) is 9.23. The Bertz CT molecular complexity index is 903. The van der Waals surface area contributed by atoms with Crippen LogP contribution in [0.25, 0.3) is 0 Å². The molecule has 2 aromatic rings. The fraction of sp³-hybridized carbons (Fsp3) is 0.481. The van der Waals surface area contributed by atoms with E-state index in [1.165, 1.54) is 0 Å². The molecule has 0 aliphatic rings. The third-order valence-electron chi connectivity index (χ3n) is 5.56. The van der Waals surface area contributed by atoms with Gasteiger partial charge in [-0.25, -0.2) is 0 Å². The van der Waals surface area contributed by atoms with Crippen LogP contribution in [0, 0.1) is 0 Å².